The summed E-state index contributed by atoms with van der Waals surface area (Å²) < 4.78 is 5.61. The fourth-order valence-corrected chi connectivity index (χ4v) is 2.30. The lowest BCUT2D eigenvalue weighted by Gasteiger charge is -2.26. The van der Waals surface area contributed by atoms with Gasteiger partial charge in [0.15, 0.2) is 0 Å². The van der Waals surface area contributed by atoms with Crippen LogP contribution in [0.15, 0.2) is 24.3 Å². The molecule has 0 aromatic heterocycles. The van der Waals surface area contributed by atoms with Crippen molar-refractivity contribution in [2.75, 3.05) is 13.1 Å². The second-order valence-corrected chi connectivity index (χ2v) is 6.08. The van der Waals surface area contributed by atoms with E-state index in [0.29, 0.717) is 5.75 Å². The number of carbonyl (C=O) groups is 3. The van der Waals surface area contributed by atoms with Crippen molar-refractivity contribution < 1.29 is 24.2 Å². The normalized spacial score (nSPS) is 11.7. The van der Waals surface area contributed by atoms with Crippen LogP contribution in [0.5, 0.6) is 5.75 Å². The Morgan fingerprint density at radius 3 is 2.48 bits per heavy atom. The van der Waals surface area contributed by atoms with Gasteiger partial charge in [-0.05, 0) is 38.5 Å². The Bertz CT molecular complexity index is 615. The molecule has 0 bridgehead atoms. The minimum atomic E-state index is -1.09. The Morgan fingerprint density at radius 2 is 1.92 bits per heavy atom. The minimum absolute atomic E-state index is 0.0205. The van der Waals surface area contributed by atoms with E-state index in [-0.39, 0.29) is 37.4 Å². The van der Waals surface area contributed by atoms with Crippen LogP contribution in [0.3, 0.4) is 0 Å². The summed E-state index contributed by atoms with van der Waals surface area (Å²) in [5.41, 5.74) is 0.741. The maximum Gasteiger partial charge on any atom is 0.326 e. The third-order valence-corrected chi connectivity index (χ3v) is 3.50. The van der Waals surface area contributed by atoms with Crippen molar-refractivity contribution in [3.8, 4) is 5.75 Å². The van der Waals surface area contributed by atoms with E-state index in [2.05, 4.69) is 5.32 Å². The average molecular weight is 350 g/mol. The lowest BCUT2D eigenvalue weighted by molar-refractivity contribution is -0.149. The molecule has 0 spiro atoms. The van der Waals surface area contributed by atoms with E-state index in [9.17, 15) is 19.5 Å². The number of aliphatic carboxylic acids is 1. The third-order valence-electron chi connectivity index (χ3n) is 3.50. The molecule has 2 N–H and O–H groups in total. The molecule has 1 rings (SSSR count). The van der Waals surface area contributed by atoms with Crippen molar-refractivity contribution in [3.05, 3.63) is 29.8 Å². The van der Waals surface area contributed by atoms with Gasteiger partial charge in [0, 0.05) is 20.0 Å². The molecule has 0 saturated carbocycles. The largest absolute Gasteiger partial charge is 0.491 e. The lowest BCUT2D eigenvalue weighted by Crippen LogP contribution is -2.47. The fourth-order valence-electron chi connectivity index (χ4n) is 2.30. The molecular weight excluding hydrogens is 324 g/mol. The first kappa shape index (κ1) is 20.5. The maximum atomic E-state index is 12.6. The number of carboxylic acid groups (broad SMARTS) is 1. The van der Waals surface area contributed by atoms with Gasteiger partial charge < -0.3 is 20.1 Å². The second-order valence-electron chi connectivity index (χ2n) is 6.08. The second kappa shape index (κ2) is 9.66. The van der Waals surface area contributed by atoms with E-state index in [1.165, 1.54) is 18.7 Å². The number of nitrogens with zero attached hydrogens (tertiary/aromatic N) is 1. The fraction of sp³-hybridized carbons (Fsp3) is 0.500. The molecule has 0 saturated heterocycles. The van der Waals surface area contributed by atoms with Crippen molar-refractivity contribution in [2.45, 2.75) is 46.3 Å². The summed E-state index contributed by atoms with van der Waals surface area (Å²) in [6.45, 7) is 6.98. The minimum Gasteiger partial charge on any atom is -0.491 e. The van der Waals surface area contributed by atoms with Gasteiger partial charge in [-0.2, -0.15) is 0 Å². The Morgan fingerprint density at radius 1 is 1.24 bits per heavy atom. The van der Waals surface area contributed by atoms with Crippen LogP contribution in [0.1, 0.15) is 33.3 Å². The summed E-state index contributed by atoms with van der Waals surface area (Å²) in [5, 5.41) is 11.8. The molecule has 0 aliphatic carbocycles. The Kier molecular flexibility index (Phi) is 7.91. The quantitative estimate of drug-likeness (QED) is 0.703. The molecule has 7 nitrogen and oxygen atoms in total. The molecule has 1 aromatic carbocycles. The van der Waals surface area contributed by atoms with Gasteiger partial charge in [0.1, 0.15) is 11.8 Å². The number of hydrogen-bond acceptors (Lipinski definition) is 4. The summed E-state index contributed by atoms with van der Waals surface area (Å²) in [4.78, 5) is 36.1. The highest BCUT2D eigenvalue weighted by Crippen LogP contribution is 2.16. The van der Waals surface area contributed by atoms with Gasteiger partial charge in [0.25, 0.3) is 0 Å². The van der Waals surface area contributed by atoms with Crippen LogP contribution in [0, 0.1) is 0 Å². The van der Waals surface area contributed by atoms with E-state index >= 15 is 0 Å². The molecule has 1 atom stereocenters. The number of nitrogens with one attached hydrogen (secondary N) is 1. The molecule has 138 valence electrons. The molecule has 0 fully saturated rings. The van der Waals surface area contributed by atoms with Crippen molar-refractivity contribution in [3.63, 3.8) is 0 Å². The van der Waals surface area contributed by atoms with Crippen LogP contribution in [0.2, 0.25) is 0 Å². The summed E-state index contributed by atoms with van der Waals surface area (Å²) in [5.74, 6) is -0.972. The zero-order valence-electron chi connectivity index (χ0n) is 15.1. The molecule has 0 aliphatic rings. The molecule has 7 heteroatoms. The van der Waals surface area contributed by atoms with E-state index in [1.54, 1.807) is 18.2 Å². The van der Waals surface area contributed by atoms with Crippen molar-refractivity contribution in [2.24, 2.45) is 0 Å². The number of hydrogen-bond donors (Lipinski definition) is 2. The number of carbonyl (C=O) groups excluding carboxylic acids is 2. The summed E-state index contributed by atoms with van der Waals surface area (Å²) in [6, 6.07) is 6.19. The van der Waals surface area contributed by atoms with E-state index in [0.717, 1.165) is 5.56 Å². The molecule has 1 aromatic rings. The van der Waals surface area contributed by atoms with Crippen LogP contribution >= 0.6 is 0 Å². The number of rotatable bonds is 9. The maximum absolute atomic E-state index is 12.6. The Hall–Kier alpha value is -2.57. The van der Waals surface area contributed by atoms with E-state index in [1.807, 2.05) is 19.9 Å². The molecule has 0 heterocycles. The van der Waals surface area contributed by atoms with Crippen LogP contribution < -0.4 is 10.1 Å². The standard InChI is InChI=1S/C18H26N2O5/c1-12(2)25-16-7-5-6-15(10-16)11-17(22)20(13(3)18(23)24)9-8-19-14(4)21/h5-7,10,12-13H,8-9,11H2,1-4H3,(H,19,21)(H,23,24). The zero-order chi connectivity index (χ0) is 19.0. The number of carboxylic acids is 1. The van der Waals surface area contributed by atoms with Gasteiger partial charge in [0.05, 0.1) is 12.5 Å². The van der Waals surface area contributed by atoms with Crippen LogP contribution in [-0.2, 0) is 20.8 Å². The van der Waals surface area contributed by atoms with Crippen molar-refractivity contribution in [1.82, 2.24) is 10.2 Å². The first-order valence-corrected chi connectivity index (χ1v) is 8.23. The van der Waals surface area contributed by atoms with E-state index < -0.39 is 12.0 Å². The smallest absolute Gasteiger partial charge is 0.326 e. The number of ether oxygens (including phenoxy) is 1. The van der Waals surface area contributed by atoms with E-state index in [4.69, 9.17) is 4.74 Å². The lowest BCUT2D eigenvalue weighted by atomic mass is 10.1. The Balaban J connectivity index is 2.82. The van der Waals surface area contributed by atoms with Gasteiger partial charge in [-0.3, -0.25) is 9.59 Å². The topological polar surface area (TPSA) is 95.9 Å². The van der Waals surface area contributed by atoms with Gasteiger partial charge in [-0.1, -0.05) is 12.1 Å². The SMILES string of the molecule is CC(=O)NCCN(C(=O)Cc1cccc(OC(C)C)c1)C(C)C(=O)O. The molecule has 0 radical (unpaired) electrons. The summed E-state index contributed by atoms with van der Waals surface area (Å²) >= 11 is 0. The Labute approximate surface area is 148 Å². The number of benzene rings is 1. The first-order valence-electron chi connectivity index (χ1n) is 8.23. The van der Waals surface area contributed by atoms with Crippen molar-refractivity contribution >= 4 is 17.8 Å². The molecular formula is C18H26N2O5. The zero-order valence-corrected chi connectivity index (χ0v) is 15.1. The van der Waals surface area contributed by atoms with Gasteiger partial charge in [-0.15, -0.1) is 0 Å². The van der Waals surface area contributed by atoms with Crippen LogP contribution in [0.4, 0.5) is 0 Å². The molecule has 0 aliphatic heterocycles. The monoisotopic (exact) mass is 350 g/mol. The molecule has 1 unspecified atom stereocenters. The third kappa shape index (κ3) is 7.24. The highest BCUT2D eigenvalue weighted by atomic mass is 16.5. The number of amides is 2. The molecule has 25 heavy (non-hydrogen) atoms. The van der Waals surface area contributed by atoms with Crippen molar-refractivity contribution in [1.29, 1.82) is 0 Å². The molecule has 2 amide bonds. The predicted molar refractivity (Wildman–Crippen MR) is 93.4 cm³/mol. The van der Waals surface area contributed by atoms with Gasteiger partial charge >= 0.3 is 5.97 Å². The summed E-state index contributed by atoms with van der Waals surface area (Å²) in [6.07, 6.45) is 0.0830. The van der Waals surface area contributed by atoms with Crippen LogP contribution in [-0.4, -0.2) is 53.0 Å². The predicted octanol–water partition coefficient (Wildman–Crippen LogP) is 1.45. The first-order chi connectivity index (χ1) is 11.7. The summed E-state index contributed by atoms with van der Waals surface area (Å²) in [7, 11) is 0. The van der Waals surface area contributed by atoms with Gasteiger partial charge in [0.2, 0.25) is 11.8 Å². The van der Waals surface area contributed by atoms with Gasteiger partial charge in [-0.25, -0.2) is 4.79 Å². The van der Waals surface area contributed by atoms with Crippen LogP contribution in [0.25, 0.3) is 0 Å². The highest BCUT2D eigenvalue weighted by molar-refractivity contribution is 5.85. The average Bonchev–Trinajstić information content (AvgIpc) is 2.50. The highest BCUT2D eigenvalue weighted by Gasteiger charge is 2.25.